The molecule has 0 spiro atoms. The molecule has 0 heterocycles. The van der Waals surface area contributed by atoms with Gasteiger partial charge in [0.1, 0.15) is 23.1 Å². The Kier molecular flexibility index (Phi) is 8.62. The van der Waals surface area contributed by atoms with E-state index in [0.717, 1.165) is 11.1 Å². The van der Waals surface area contributed by atoms with Crippen molar-refractivity contribution in [3.8, 4) is 5.75 Å². The van der Waals surface area contributed by atoms with Crippen molar-refractivity contribution in [2.75, 3.05) is 0 Å². The standard InChI is InChI=1S/C26H39NO6S/c1-10-26(11-2)19-15-18(31-23(29)33-25(7,8)9)13-12-17(19)14-20(30-16(3)34)21(26)27-22(28)32-24(4,5)6/h12-13,15,20-21H,10-11,14H2,1-9H3,(H,27,28)/t20-,21+/m0/s1. The molecule has 0 aromatic heterocycles. The topological polar surface area (TPSA) is 83.1 Å². The lowest BCUT2D eigenvalue weighted by Gasteiger charge is -2.48. The number of fused-ring (bicyclic) bond motifs is 1. The maximum absolute atomic E-state index is 12.8. The van der Waals surface area contributed by atoms with Crippen molar-refractivity contribution < 1.29 is 28.5 Å². The molecule has 8 heteroatoms. The Balaban J connectivity index is 2.50. The van der Waals surface area contributed by atoms with Crippen LogP contribution in [0.4, 0.5) is 9.59 Å². The first kappa shape index (κ1) is 27.9. The van der Waals surface area contributed by atoms with Crippen LogP contribution in [0.1, 0.15) is 86.3 Å². The van der Waals surface area contributed by atoms with Crippen molar-refractivity contribution >= 4 is 29.5 Å². The van der Waals surface area contributed by atoms with Gasteiger partial charge < -0.3 is 24.3 Å². The molecule has 1 N–H and O–H groups in total. The highest BCUT2D eigenvalue weighted by Crippen LogP contribution is 2.45. The quantitative estimate of drug-likeness (QED) is 0.295. The van der Waals surface area contributed by atoms with Crippen LogP contribution in [0.25, 0.3) is 0 Å². The average molecular weight is 494 g/mol. The molecule has 1 amide bonds. The summed E-state index contributed by atoms with van der Waals surface area (Å²) in [6.45, 7) is 16.7. The maximum Gasteiger partial charge on any atom is 0.514 e. The van der Waals surface area contributed by atoms with Crippen LogP contribution in [0, 0.1) is 0 Å². The van der Waals surface area contributed by atoms with Crippen LogP contribution in [0.3, 0.4) is 0 Å². The summed E-state index contributed by atoms with van der Waals surface area (Å²) in [6.07, 6.45) is 0.326. The number of hydrogen-bond acceptors (Lipinski definition) is 7. The SMILES string of the molecule is CCC1(CC)c2cc(OC(=O)OC(C)(C)C)ccc2C[C@H](OC(C)=S)[C@H]1NC(=O)OC(C)(C)C. The van der Waals surface area contributed by atoms with Crippen molar-refractivity contribution in [1.29, 1.82) is 0 Å². The van der Waals surface area contributed by atoms with Gasteiger partial charge in [-0.3, -0.25) is 0 Å². The molecule has 190 valence electrons. The largest absolute Gasteiger partial charge is 0.514 e. The predicted molar refractivity (Wildman–Crippen MR) is 136 cm³/mol. The molecule has 7 nitrogen and oxygen atoms in total. The van der Waals surface area contributed by atoms with E-state index >= 15 is 0 Å². The molecule has 0 unspecified atom stereocenters. The summed E-state index contributed by atoms with van der Waals surface area (Å²) in [7, 11) is 0. The second-order valence-corrected chi connectivity index (χ2v) is 11.3. The highest BCUT2D eigenvalue weighted by Gasteiger charge is 2.49. The van der Waals surface area contributed by atoms with Gasteiger partial charge in [0.15, 0.2) is 5.05 Å². The first-order chi connectivity index (χ1) is 15.6. The lowest BCUT2D eigenvalue weighted by Crippen LogP contribution is -2.61. The Bertz CT molecular complexity index is 911. The van der Waals surface area contributed by atoms with Crippen LogP contribution in [0.2, 0.25) is 0 Å². The van der Waals surface area contributed by atoms with E-state index in [9.17, 15) is 9.59 Å². The van der Waals surface area contributed by atoms with Crippen molar-refractivity contribution in [2.45, 2.75) is 110 Å². The van der Waals surface area contributed by atoms with Crippen LogP contribution in [0.15, 0.2) is 18.2 Å². The van der Waals surface area contributed by atoms with E-state index in [1.165, 1.54) is 0 Å². The fraction of sp³-hybridized carbons (Fsp3) is 0.654. The van der Waals surface area contributed by atoms with Gasteiger partial charge in [-0.05, 0) is 89.9 Å². The number of benzene rings is 1. The van der Waals surface area contributed by atoms with E-state index in [1.807, 2.05) is 32.9 Å². The normalized spacial score (nSPS) is 19.4. The summed E-state index contributed by atoms with van der Waals surface area (Å²) in [4.78, 5) is 25.1. The summed E-state index contributed by atoms with van der Waals surface area (Å²) < 4.78 is 22.4. The van der Waals surface area contributed by atoms with Gasteiger partial charge in [0.25, 0.3) is 0 Å². The van der Waals surface area contributed by atoms with Gasteiger partial charge in [0.2, 0.25) is 0 Å². The summed E-state index contributed by atoms with van der Waals surface area (Å²) in [5, 5.41) is 3.49. The van der Waals surface area contributed by atoms with Gasteiger partial charge in [0.05, 0.1) is 6.04 Å². The molecule has 0 fully saturated rings. The third-order valence-corrected chi connectivity index (χ3v) is 5.94. The van der Waals surface area contributed by atoms with Gasteiger partial charge in [0, 0.05) is 18.8 Å². The number of amides is 1. The monoisotopic (exact) mass is 493 g/mol. The zero-order valence-corrected chi connectivity index (χ0v) is 22.7. The first-order valence-electron chi connectivity index (χ1n) is 11.8. The molecule has 0 bridgehead atoms. The van der Waals surface area contributed by atoms with Gasteiger partial charge in [-0.2, -0.15) is 0 Å². The van der Waals surface area contributed by atoms with E-state index < -0.39 is 34.9 Å². The van der Waals surface area contributed by atoms with E-state index in [0.29, 0.717) is 30.1 Å². The summed E-state index contributed by atoms with van der Waals surface area (Å²) in [6, 6.07) is 5.16. The number of thiocarbonyl (C=S) groups is 1. The van der Waals surface area contributed by atoms with Crippen LogP contribution < -0.4 is 10.1 Å². The molecule has 1 aromatic carbocycles. The summed E-state index contributed by atoms with van der Waals surface area (Å²) in [5.41, 5.74) is 0.272. The highest BCUT2D eigenvalue weighted by molar-refractivity contribution is 7.80. The van der Waals surface area contributed by atoms with Gasteiger partial charge in [-0.1, -0.05) is 19.9 Å². The third kappa shape index (κ3) is 7.08. The number of hydrogen-bond donors (Lipinski definition) is 1. The number of carbonyl (C=O) groups excluding carboxylic acids is 2. The van der Waals surface area contributed by atoms with Crippen LogP contribution in [-0.2, 0) is 26.0 Å². The number of nitrogens with one attached hydrogen (secondary N) is 1. The molecule has 0 aliphatic heterocycles. The second-order valence-electron chi connectivity index (χ2n) is 10.7. The number of rotatable bonds is 5. The summed E-state index contributed by atoms with van der Waals surface area (Å²) >= 11 is 5.25. The minimum Gasteiger partial charge on any atom is -0.482 e. The first-order valence-corrected chi connectivity index (χ1v) is 12.2. The molecule has 0 saturated heterocycles. The molecule has 0 radical (unpaired) electrons. The number of ether oxygens (including phenoxy) is 4. The van der Waals surface area contributed by atoms with E-state index in [-0.39, 0.29) is 6.10 Å². The van der Waals surface area contributed by atoms with Crippen molar-refractivity contribution in [3.05, 3.63) is 29.3 Å². The van der Waals surface area contributed by atoms with Crippen LogP contribution in [0.5, 0.6) is 5.75 Å². The van der Waals surface area contributed by atoms with Crippen LogP contribution in [-0.4, -0.2) is 40.6 Å². The smallest absolute Gasteiger partial charge is 0.482 e. The molecular formula is C26H39NO6S. The lowest BCUT2D eigenvalue weighted by atomic mass is 9.62. The Labute approximate surface area is 208 Å². The Morgan fingerprint density at radius 1 is 1.06 bits per heavy atom. The minimum atomic E-state index is -0.761. The van der Waals surface area contributed by atoms with Crippen molar-refractivity contribution in [3.63, 3.8) is 0 Å². The van der Waals surface area contributed by atoms with E-state index in [1.54, 1.807) is 33.8 Å². The molecular weight excluding hydrogens is 454 g/mol. The third-order valence-electron chi connectivity index (χ3n) is 5.85. The Morgan fingerprint density at radius 3 is 2.15 bits per heavy atom. The number of alkyl carbamates (subject to hydrolysis) is 1. The summed E-state index contributed by atoms with van der Waals surface area (Å²) in [5.74, 6) is 0.390. The minimum absolute atomic E-state index is 0.366. The van der Waals surface area contributed by atoms with Gasteiger partial charge in [-0.25, -0.2) is 9.59 Å². The average Bonchev–Trinajstić information content (AvgIpc) is 2.65. The second kappa shape index (κ2) is 10.5. The Morgan fingerprint density at radius 2 is 1.65 bits per heavy atom. The number of carbonyl (C=O) groups is 2. The maximum atomic E-state index is 12.8. The van der Waals surface area contributed by atoms with Gasteiger partial charge >= 0.3 is 12.2 Å². The van der Waals surface area contributed by atoms with Crippen molar-refractivity contribution in [1.82, 2.24) is 5.32 Å². The van der Waals surface area contributed by atoms with E-state index in [2.05, 4.69) is 19.2 Å². The highest BCUT2D eigenvalue weighted by atomic mass is 32.1. The molecule has 0 saturated carbocycles. The molecule has 34 heavy (non-hydrogen) atoms. The molecule has 1 aliphatic carbocycles. The van der Waals surface area contributed by atoms with Gasteiger partial charge in [-0.15, -0.1) is 0 Å². The zero-order valence-electron chi connectivity index (χ0n) is 21.9. The fourth-order valence-electron chi connectivity index (χ4n) is 4.54. The molecule has 1 aliphatic rings. The lowest BCUT2D eigenvalue weighted by molar-refractivity contribution is 0.0204. The molecule has 1 aromatic rings. The fourth-order valence-corrected chi connectivity index (χ4v) is 4.67. The van der Waals surface area contributed by atoms with E-state index in [4.69, 9.17) is 31.2 Å². The van der Waals surface area contributed by atoms with Crippen molar-refractivity contribution in [2.24, 2.45) is 0 Å². The Hall–Kier alpha value is -2.35. The predicted octanol–water partition coefficient (Wildman–Crippen LogP) is 6.24. The molecule has 2 rings (SSSR count). The zero-order chi connectivity index (χ0) is 25.9. The van der Waals surface area contributed by atoms with Crippen LogP contribution >= 0.6 is 12.2 Å². The molecule has 2 atom stereocenters.